The van der Waals surface area contributed by atoms with E-state index in [0.29, 0.717) is 24.4 Å². The minimum atomic E-state index is -0.798. The maximum absolute atomic E-state index is 11.1. The molecule has 2 N–H and O–H groups in total. The van der Waals surface area contributed by atoms with Gasteiger partial charge in [0.2, 0.25) is 0 Å². The second kappa shape index (κ2) is 12.2. The predicted octanol–water partition coefficient (Wildman–Crippen LogP) is 8.38. The van der Waals surface area contributed by atoms with Crippen LogP contribution in [0.15, 0.2) is 58.0 Å². The number of halogens is 1. The Hall–Kier alpha value is -2.74. The number of carbonyl (C=O) groups is 2. The molecule has 1 aromatic heterocycles. The van der Waals surface area contributed by atoms with Crippen LogP contribution in [-0.2, 0) is 16.0 Å². The van der Waals surface area contributed by atoms with Crippen molar-refractivity contribution in [2.75, 3.05) is 11.4 Å². The lowest BCUT2D eigenvalue weighted by Gasteiger charge is -2.20. The van der Waals surface area contributed by atoms with Crippen LogP contribution in [-0.4, -0.2) is 28.7 Å². The van der Waals surface area contributed by atoms with Gasteiger partial charge in [0.1, 0.15) is 0 Å². The predicted molar refractivity (Wildman–Crippen MR) is 155 cm³/mol. The summed E-state index contributed by atoms with van der Waals surface area (Å²) in [6.07, 6.45) is 7.36. The third-order valence-corrected chi connectivity index (χ3v) is 8.80. The van der Waals surface area contributed by atoms with E-state index in [1.54, 1.807) is 23.1 Å². The highest BCUT2D eigenvalue weighted by Gasteiger charge is 2.25. The first-order valence-corrected chi connectivity index (χ1v) is 14.4. The molecule has 0 saturated carbocycles. The van der Waals surface area contributed by atoms with E-state index < -0.39 is 11.9 Å². The van der Waals surface area contributed by atoms with Crippen LogP contribution in [0.1, 0.15) is 55.0 Å². The number of hydrogen-bond acceptors (Lipinski definition) is 5. The van der Waals surface area contributed by atoms with Crippen LogP contribution >= 0.6 is 34.7 Å². The second-order valence-corrected chi connectivity index (χ2v) is 11.7. The SMILES string of the molecule is CCC(/C=C1\Sc2ccc(Cl)cc2N1CCCC(=O)O)=C\c1sc2ccc(C)cc2c1CCCC(=O)O. The third kappa shape index (κ3) is 6.78. The normalized spacial score (nSPS) is 14.5. The van der Waals surface area contributed by atoms with Crippen LogP contribution in [0, 0.1) is 6.92 Å². The third-order valence-electron chi connectivity index (χ3n) is 6.29. The highest BCUT2D eigenvalue weighted by atomic mass is 35.5. The fourth-order valence-corrected chi connectivity index (χ4v) is 6.97. The van der Waals surface area contributed by atoms with E-state index in [9.17, 15) is 9.59 Å². The molecule has 0 atom stereocenters. The smallest absolute Gasteiger partial charge is 0.303 e. The van der Waals surface area contributed by atoms with Crippen molar-refractivity contribution in [1.82, 2.24) is 0 Å². The summed E-state index contributed by atoms with van der Waals surface area (Å²) in [6.45, 7) is 4.80. The Morgan fingerprint density at radius 3 is 2.54 bits per heavy atom. The molecule has 37 heavy (non-hydrogen) atoms. The van der Waals surface area contributed by atoms with Gasteiger partial charge in [-0.15, -0.1) is 11.3 Å². The van der Waals surface area contributed by atoms with Crippen molar-refractivity contribution in [3.05, 3.63) is 74.1 Å². The number of thioether (sulfide) groups is 1. The summed E-state index contributed by atoms with van der Waals surface area (Å²) in [5.74, 6) is -1.57. The summed E-state index contributed by atoms with van der Waals surface area (Å²) in [4.78, 5) is 26.7. The molecular formula is C29H30ClNO4S2. The van der Waals surface area contributed by atoms with E-state index in [1.165, 1.54) is 26.1 Å². The van der Waals surface area contributed by atoms with E-state index >= 15 is 0 Å². The van der Waals surface area contributed by atoms with E-state index in [4.69, 9.17) is 21.8 Å². The van der Waals surface area contributed by atoms with E-state index in [-0.39, 0.29) is 12.8 Å². The lowest BCUT2D eigenvalue weighted by Crippen LogP contribution is -2.20. The summed E-state index contributed by atoms with van der Waals surface area (Å²) in [7, 11) is 0. The number of aliphatic carboxylic acids is 2. The standard InChI is InChI=1S/C29H30ClNO4S2/c1-3-19(15-26-21(6-4-7-28(32)33)22-14-18(2)9-11-24(22)36-26)16-27-31(13-5-8-29(34)35)23-17-20(30)10-12-25(23)37-27/h9-12,14-17H,3-8,13H2,1-2H3,(H,32,33)(H,34,35)/b19-15+,27-16-. The lowest BCUT2D eigenvalue weighted by atomic mass is 10.0. The van der Waals surface area contributed by atoms with Crippen molar-refractivity contribution in [3.8, 4) is 0 Å². The number of carboxylic acid groups (broad SMARTS) is 2. The molecular weight excluding hydrogens is 526 g/mol. The molecule has 0 radical (unpaired) electrons. The van der Waals surface area contributed by atoms with Gasteiger partial charge in [0, 0.05) is 38.9 Å². The molecule has 0 spiro atoms. The molecule has 2 aromatic carbocycles. The van der Waals surface area contributed by atoms with Crippen LogP contribution in [0.25, 0.3) is 16.2 Å². The quantitative estimate of drug-likeness (QED) is 0.247. The minimum absolute atomic E-state index is 0.113. The maximum Gasteiger partial charge on any atom is 0.303 e. The molecule has 0 bridgehead atoms. The first-order chi connectivity index (χ1) is 17.7. The van der Waals surface area contributed by atoms with Gasteiger partial charge in [0.05, 0.1) is 10.7 Å². The zero-order chi connectivity index (χ0) is 26.5. The average molecular weight is 556 g/mol. The number of thiophene rings is 1. The molecule has 4 rings (SSSR count). The zero-order valence-electron chi connectivity index (χ0n) is 20.9. The number of nitrogens with zero attached hydrogens (tertiary/aromatic N) is 1. The van der Waals surface area contributed by atoms with Crippen LogP contribution < -0.4 is 4.90 Å². The van der Waals surface area contributed by atoms with Crippen molar-refractivity contribution in [1.29, 1.82) is 0 Å². The Balaban J connectivity index is 1.70. The molecule has 0 amide bonds. The molecule has 1 aliphatic heterocycles. The number of aryl methyl sites for hydroxylation is 2. The van der Waals surface area contributed by atoms with Crippen LogP contribution in [0.4, 0.5) is 5.69 Å². The van der Waals surface area contributed by atoms with Gasteiger partial charge in [-0.3, -0.25) is 9.59 Å². The van der Waals surface area contributed by atoms with Crippen molar-refractivity contribution < 1.29 is 19.8 Å². The number of carboxylic acids is 2. The Morgan fingerprint density at radius 2 is 1.81 bits per heavy atom. The van der Waals surface area contributed by atoms with Crippen molar-refractivity contribution in [2.45, 2.75) is 57.3 Å². The van der Waals surface area contributed by atoms with Crippen molar-refractivity contribution in [2.24, 2.45) is 0 Å². The Labute approximate surface area is 230 Å². The molecule has 0 fully saturated rings. The number of hydrogen-bond donors (Lipinski definition) is 2. The summed E-state index contributed by atoms with van der Waals surface area (Å²) in [5, 5.41) is 21.2. The van der Waals surface area contributed by atoms with Crippen LogP contribution in [0.3, 0.4) is 0 Å². The van der Waals surface area contributed by atoms with Crippen LogP contribution in [0.5, 0.6) is 0 Å². The first kappa shape index (κ1) is 27.3. The van der Waals surface area contributed by atoms with Gasteiger partial charge in [-0.25, -0.2) is 0 Å². The molecule has 3 aromatic rings. The van der Waals surface area contributed by atoms with E-state index in [0.717, 1.165) is 34.0 Å². The van der Waals surface area contributed by atoms with Gasteiger partial charge in [0.15, 0.2) is 0 Å². The molecule has 0 aliphatic carbocycles. The second-order valence-electron chi connectivity index (χ2n) is 9.11. The Kier molecular flexibility index (Phi) is 9.00. The summed E-state index contributed by atoms with van der Waals surface area (Å²) >= 11 is 9.71. The molecule has 8 heteroatoms. The van der Waals surface area contributed by atoms with Crippen molar-refractivity contribution in [3.63, 3.8) is 0 Å². The van der Waals surface area contributed by atoms with Crippen LogP contribution in [0.2, 0.25) is 5.02 Å². The highest BCUT2D eigenvalue weighted by molar-refractivity contribution is 8.03. The fourth-order valence-electron chi connectivity index (χ4n) is 4.45. The summed E-state index contributed by atoms with van der Waals surface area (Å²) < 4.78 is 1.21. The van der Waals surface area contributed by atoms with Gasteiger partial charge < -0.3 is 15.1 Å². The zero-order valence-corrected chi connectivity index (χ0v) is 23.3. The number of anilines is 1. The van der Waals surface area contributed by atoms with E-state index in [1.807, 2.05) is 18.2 Å². The molecule has 1 aliphatic rings. The van der Waals surface area contributed by atoms with Gasteiger partial charge in [-0.05, 0) is 85.5 Å². The van der Waals surface area contributed by atoms with Gasteiger partial charge in [-0.1, -0.05) is 48.0 Å². The summed E-state index contributed by atoms with van der Waals surface area (Å²) in [6, 6.07) is 12.3. The summed E-state index contributed by atoms with van der Waals surface area (Å²) in [5.41, 5.74) is 4.57. The van der Waals surface area contributed by atoms with Gasteiger partial charge in [-0.2, -0.15) is 0 Å². The van der Waals surface area contributed by atoms with E-state index in [2.05, 4.69) is 49.1 Å². The minimum Gasteiger partial charge on any atom is -0.481 e. The average Bonchev–Trinajstić information content (AvgIpc) is 3.35. The number of allylic oxidation sites excluding steroid dienone is 2. The Bertz CT molecular complexity index is 1390. The van der Waals surface area contributed by atoms with Crippen molar-refractivity contribution >= 4 is 68.5 Å². The molecule has 2 heterocycles. The van der Waals surface area contributed by atoms with Gasteiger partial charge in [0.25, 0.3) is 0 Å². The number of benzene rings is 2. The molecule has 0 unspecified atom stereocenters. The molecule has 194 valence electrons. The topological polar surface area (TPSA) is 77.8 Å². The molecule has 5 nitrogen and oxygen atoms in total. The first-order valence-electron chi connectivity index (χ1n) is 12.4. The van der Waals surface area contributed by atoms with Gasteiger partial charge >= 0.3 is 11.9 Å². The Morgan fingerprint density at radius 1 is 1.05 bits per heavy atom. The maximum atomic E-state index is 11.1. The largest absolute Gasteiger partial charge is 0.481 e. The fraction of sp³-hybridized carbons (Fsp3) is 0.310. The lowest BCUT2D eigenvalue weighted by molar-refractivity contribution is -0.138. The highest BCUT2D eigenvalue weighted by Crippen LogP contribution is 2.47. The number of rotatable bonds is 11. The molecule has 0 saturated heterocycles. The number of fused-ring (bicyclic) bond motifs is 2. The monoisotopic (exact) mass is 555 g/mol.